The summed E-state index contributed by atoms with van der Waals surface area (Å²) in [5.74, 6) is 0.247. The van der Waals surface area contributed by atoms with Crippen LogP contribution in [0.5, 0.6) is 0 Å². The Morgan fingerprint density at radius 1 is 0.923 bits per heavy atom. The maximum atomic E-state index is 12.7. The Bertz CT molecular complexity index is 1150. The molecule has 4 nitrogen and oxygen atoms in total. The molecule has 1 fully saturated rings. The zero-order valence-electron chi connectivity index (χ0n) is 23.5. The lowest BCUT2D eigenvalue weighted by Gasteiger charge is -2.44. The predicted octanol–water partition coefficient (Wildman–Crippen LogP) is 7.70. The van der Waals surface area contributed by atoms with Crippen LogP contribution in [0.1, 0.15) is 68.7 Å². The predicted molar refractivity (Wildman–Crippen MR) is 158 cm³/mol. The van der Waals surface area contributed by atoms with E-state index in [1.54, 1.807) is 0 Å². The fourth-order valence-electron chi connectivity index (χ4n) is 5.37. The number of unbranched alkanes of at least 4 members (excludes halogenated alkanes) is 1. The van der Waals surface area contributed by atoms with Crippen molar-refractivity contribution in [2.24, 2.45) is 0 Å². The number of benzene rings is 3. The number of hydrogen-bond acceptors (Lipinski definition) is 4. The fourth-order valence-corrected chi connectivity index (χ4v) is 5.37. The van der Waals surface area contributed by atoms with Gasteiger partial charge in [-0.2, -0.15) is 0 Å². The number of carbonyl (C=O) groups excluding carboxylic acids is 1. The summed E-state index contributed by atoms with van der Waals surface area (Å²) >= 11 is 0. The van der Waals surface area contributed by atoms with Crippen molar-refractivity contribution in [1.82, 2.24) is 4.90 Å². The topological polar surface area (TPSA) is 38.8 Å². The summed E-state index contributed by atoms with van der Waals surface area (Å²) in [6, 6.07) is 31.6. The van der Waals surface area contributed by atoms with Gasteiger partial charge in [0.05, 0.1) is 25.9 Å². The lowest BCUT2D eigenvalue weighted by atomic mass is 9.89. The molecule has 0 saturated carbocycles. The second-order valence-corrected chi connectivity index (χ2v) is 10.6. The maximum Gasteiger partial charge on any atom is 0.155 e. The van der Waals surface area contributed by atoms with Crippen molar-refractivity contribution in [3.05, 3.63) is 119 Å². The first-order valence-corrected chi connectivity index (χ1v) is 14.4. The van der Waals surface area contributed by atoms with Gasteiger partial charge in [-0.25, -0.2) is 0 Å². The lowest BCUT2D eigenvalue weighted by molar-refractivity contribution is -0.114. The first kappa shape index (κ1) is 28.9. The molecule has 1 saturated heterocycles. The normalized spacial score (nSPS) is 18.6. The van der Waals surface area contributed by atoms with Gasteiger partial charge in [0.15, 0.2) is 5.78 Å². The third kappa shape index (κ3) is 8.99. The molecule has 3 atom stereocenters. The first-order chi connectivity index (χ1) is 19.1. The zero-order valence-corrected chi connectivity index (χ0v) is 23.5. The van der Waals surface area contributed by atoms with E-state index in [0.29, 0.717) is 26.2 Å². The SMILES string of the molecule is CCCCC(=O)/C=C1\CCN([C@@H](C)c2ccccc2)[C@@H]([C@@H](COCc2ccccc2)OCc2ccccc2)C1. The Labute approximate surface area is 234 Å². The second kappa shape index (κ2) is 15.5. The van der Waals surface area contributed by atoms with Gasteiger partial charge in [0.25, 0.3) is 0 Å². The molecule has 1 aliphatic rings. The first-order valence-electron chi connectivity index (χ1n) is 14.4. The molecule has 0 bridgehead atoms. The van der Waals surface area contributed by atoms with Gasteiger partial charge < -0.3 is 9.47 Å². The van der Waals surface area contributed by atoms with Crippen molar-refractivity contribution in [1.29, 1.82) is 0 Å². The summed E-state index contributed by atoms with van der Waals surface area (Å²) in [5.41, 5.74) is 4.82. The average Bonchev–Trinajstić information content (AvgIpc) is 2.99. The number of hydrogen-bond donors (Lipinski definition) is 0. The number of nitrogens with zero attached hydrogens (tertiary/aromatic N) is 1. The van der Waals surface area contributed by atoms with E-state index in [1.165, 1.54) is 11.1 Å². The van der Waals surface area contributed by atoms with Crippen LogP contribution in [0.15, 0.2) is 103 Å². The van der Waals surface area contributed by atoms with Crippen molar-refractivity contribution in [2.75, 3.05) is 13.2 Å². The van der Waals surface area contributed by atoms with E-state index in [4.69, 9.17) is 9.47 Å². The Morgan fingerprint density at radius 3 is 2.18 bits per heavy atom. The number of rotatable bonds is 14. The molecule has 0 N–H and O–H groups in total. The van der Waals surface area contributed by atoms with E-state index in [1.807, 2.05) is 42.5 Å². The van der Waals surface area contributed by atoms with Gasteiger partial charge in [0.2, 0.25) is 0 Å². The van der Waals surface area contributed by atoms with E-state index >= 15 is 0 Å². The van der Waals surface area contributed by atoms with Crippen LogP contribution in [0.2, 0.25) is 0 Å². The molecule has 39 heavy (non-hydrogen) atoms. The highest BCUT2D eigenvalue weighted by molar-refractivity contribution is 5.90. The van der Waals surface area contributed by atoms with Crippen LogP contribution >= 0.6 is 0 Å². The summed E-state index contributed by atoms with van der Waals surface area (Å²) in [5, 5.41) is 0. The Balaban J connectivity index is 1.57. The molecule has 3 aromatic rings. The highest BCUT2D eigenvalue weighted by Crippen LogP contribution is 2.34. The number of ether oxygens (including phenoxy) is 2. The van der Waals surface area contributed by atoms with Crippen molar-refractivity contribution in [3.8, 4) is 0 Å². The number of piperidine rings is 1. The van der Waals surface area contributed by atoms with Gasteiger partial charge in [0.1, 0.15) is 0 Å². The summed E-state index contributed by atoms with van der Waals surface area (Å²) in [4.78, 5) is 15.2. The minimum Gasteiger partial charge on any atom is -0.374 e. The van der Waals surface area contributed by atoms with Crippen LogP contribution in [0.4, 0.5) is 0 Å². The molecule has 0 unspecified atom stereocenters. The molecule has 4 rings (SSSR count). The fraction of sp³-hybridized carbons (Fsp3) is 0.400. The summed E-state index contributed by atoms with van der Waals surface area (Å²) in [6.07, 6.45) is 6.10. The average molecular weight is 526 g/mol. The minimum atomic E-state index is -0.144. The highest BCUT2D eigenvalue weighted by atomic mass is 16.5. The molecule has 206 valence electrons. The van der Waals surface area contributed by atoms with Crippen LogP contribution in [-0.4, -0.2) is 36.0 Å². The summed E-state index contributed by atoms with van der Waals surface area (Å²) < 4.78 is 12.9. The number of carbonyl (C=O) groups is 1. The Morgan fingerprint density at radius 2 is 1.54 bits per heavy atom. The van der Waals surface area contributed by atoms with E-state index < -0.39 is 0 Å². The smallest absolute Gasteiger partial charge is 0.155 e. The third-order valence-electron chi connectivity index (χ3n) is 7.64. The van der Waals surface area contributed by atoms with Gasteiger partial charge in [-0.05, 0) is 49.0 Å². The quantitative estimate of drug-likeness (QED) is 0.202. The van der Waals surface area contributed by atoms with Gasteiger partial charge in [-0.1, -0.05) is 110 Å². The van der Waals surface area contributed by atoms with Crippen LogP contribution in [0.25, 0.3) is 0 Å². The Hall–Kier alpha value is -3.05. The third-order valence-corrected chi connectivity index (χ3v) is 7.64. The molecule has 0 aromatic heterocycles. The van der Waals surface area contributed by atoms with Crippen LogP contribution in [-0.2, 0) is 27.5 Å². The van der Waals surface area contributed by atoms with Crippen LogP contribution in [0, 0.1) is 0 Å². The zero-order chi connectivity index (χ0) is 27.3. The van der Waals surface area contributed by atoms with Crippen LogP contribution < -0.4 is 0 Å². The molecule has 0 spiro atoms. The molecule has 0 aliphatic carbocycles. The molecule has 3 aromatic carbocycles. The monoisotopic (exact) mass is 525 g/mol. The molecule has 1 aliphatic heterocycles. The van der Waals surface area contributed by atoms with Crippen LogP contribution in [0.3, 0.4) is 0 Å². The van der Waals surface area contributed by atoms with Gasteiger partial charge in [-0.15, -0.1) is 0 Å². The minimum absolute atomic E-state index is 0.0960. The summed E-state index contributed by atoms with van der Waals surface area (Å²) in [6.45, 7) is 6.86. The van der Waals surface area contributed by atoms with Crippen molar-refractivity contribution in [3.63, 3.8) is 0 Å². The molecule has 1 heterocycles. The van der Waals surface area contributed by atoms with Gasteiger partial charge >= 0.3 is 0 Å². The second-order valence-electron chi connectivity index (χ2n) is 10.6. The highest BCUT2D eigenvalue weighted by Gasteiger charge is 2.36. The van der Waals surface area contributed by atoms with E-state index in [2.05, 4.69) is 73.3 Å². The summed E-state index contributed by atoms with van der Waals surface area (Å²) in [7, 11) is 0. The maximum absolute atomic E-state index is 12.7. The standard InChI is InChI=1S/C35H43NO3/c1-3-4-20-33(37)23-31-21-22-36(28(2)32-18-12-7-13-19-32)34(24-31)35(39-26-30-16-10-6-11-17-30)27-38-25-29-14-8-5-9-15-29/h5-19,23,28,34-35H,3-4,20-22,24-27H2,1-2H3/b31-23+/t28-,34+,35+/m0/s1. The number of ketones is 1. The van der Waals surface area contributed by atoms with Crippen molar-refractivity contribution in [2.45, 2.75) is 77.4 Å². The lowest BCUT2D eigenvalue weighted by Crippen LogP contribution is -2.50. The largest absolute Gasteiger partial charge is 0.374 e. The van der Waals surface area contributed by atoms with E-state index in [-0.39, 0.29) is 24.0 Å². The Kier molecular flexibility index (Phi) is 11.5. The molecule has 0 radical (unpaired) electrons. The molecular formula is C35H43NO3. The molecular weight excluding hydrogens is 482 g/mol. The number of likely N-dealkylation sites (tertiary alicyclic amines) is 1. The van der Waals surface area contributed by atoms with Gasteiger partial charge in [-0.3, -0.25) is 9.69 Å². The van der Waals surface area contributed by atoms with Crippen molar-refractivity contribution >= 4 is 5.78 Å². The molecule has 4 heteroatoms. The van der Waals surface area contributed by atoms with E-state index in [0.717, 1.165) is 43.4 Å². The van der Waals surface area contributed by atoms with E-state index in [9.17, 15) is 4.79 Å². The molecule has 0 amide bonds. The van der Waals surface area contributed by atoms with Crippen molar-refractivity contribution < 1.29 is 14.3 Å². The van der Waals surface area contributed by atoms with Gasteiger partial charge in [0, 0.05) is 25.0 Å². The number of allylic oxidation sites excluding steroid dienone is 1.